The number of amides is 1. The second kappa shape index (κ2) is 6.51. The first-order valence-electron chi connectivity index (χ1n) is 5.28. The van der Waals surface area contributed by atoms with Crippen LogP contribution in [0.2, 0.25) is 0 Å². The molecule has 0 fully saturated rings. The average molecular weight is 258 g/mol. The molecule has 1 amide bonds. The number of nitrogens with two attached hydrogens (primary N) is 1. The van der Waals surface area contributed by atoms with Crippen molar-refractivity contribution < 1.29 is 9.90 Å². The number of nitrogen functional groups attached to an aromatic ring is 1. The van der Waals surface area contributed by atoms with Crippen molar-refractivity contribution in [3.05, 3.63) is 12.3 Å². The van der Waals surface area contributed by atoms with Crippen LogP contribution >= 0.6 is 11.8 Å². The number of aliphatic hydroxyl groups is 1. The number of carbonyl (C=O) groups is 1. The van der Waals surface area contributed by atoms with Crippen molar-refractivity contribution in [3.63, 3.8) is 0 Å². The fourth-order valence-corrected chi connectivity index (χ4v) is 2.07. The van der Waals surface area contributed by atoms with Crippen LogP contribution in [0.4, 0.5) is 5.82 Å². The van der Waals surface area contributed by atoms with Gasteiger partial charge in [-0.25, -0.2) is 0 Å². The third-order valence-electron chi connectivity index (χ3n) is 2.40. The van der Waals surface area contributed by atoms with E-state index >= 15 is 0 Å². The minimum Gasteiger partial charge on any atom is -0.395 e. The number of thioether (sulfide) groups is 1. The van der Waals surface area contributed by atoms with Crippen LogP contribution in [0.15, 0.2) is 12.3 Å². The lowest BCUT2D eigenvalue weighted by molar-refractivity contribution is -0.122. The van der Waals surface area contributed by atoms with Crippen molar-refractivity contribution in [3.8, 4) is 0 Å². The molecule has 96 valence electrons. The van der Waals surface area contributed by atoms with E-state index in [1.807, 2.05) is 13.2 Å². The minimum atomic E-state index is -0.145. The summed E-state index contributed by atoms with van der Waals surface area (Å²) in [7, 11) is 0. The largest absolute Gasteiger partial charge is 0.395 e. The number of nitrogens with one attached hydrogen (secondary N) is 1. The van der Waals surface area contributed by atoms with Gasteiger partial charge in [-0.05, 0) is 19.2 Å². The van der Waals surface area contributed by atoms with Gasteiger partial charge in [-0.15, -0.1) is 0 Å². The van der Waals surface area contributed by atoms with E-state index in [0.717, 1.165) is 0 Å². The molecular formula is C10H18N4O2S. The van der Waals surface area contributed by atoms with Crippen LogP contribution in [0.25, 0.3) is 0 Å². The molecule has 1 aromatic rings. The van der Waals surface area contributed by atoms with Gasteiger partial charge in [0.25, 0.3) is 0 Å². The summed E-state index contributed by atoms with van der Waals surface area (Å²) in [5, 5.41) is 15.8. The number of aliphatic hydroxyl groups excluding tert-OH is 1. The van der Waals surface area contributed by atoms with Crippen molar-refractivity contribution in [1.82, 2.24) is 15.1 Å². The van der Waals surface area contributed by atoms with Gasteiger partial charge in [0.2, 0.25) is 5.91 Å². The third-order valence-corrected chi connectivity index (χ3v) is 3.56. The Balaban J connectivity index is 2.44. The van der Waals surface area contributed by atoms with Crippen molar-refractivity contribution in [2.75, 3.05) is 18.6 Å². The molecule has 1 aromatic heterocycles. The fourth-order valence-electron chi connectivity index (χ4n) is 1.44. The van der Waals surface area contributed by atoms with Crippen LogP contribution in [-0.4, -0.2) is 44.9 Å². The van der Waals surface area contributed by atoms with Crippen molar-refractivity contribution in [2.45, 2.75) is 24.8 Å². The Bertz CT molecular complexity index is 365. The Morgan fingerprint density at radius 1 is 1.76 bits per heavy atom. The molecule has 0 aliphatic rings. The quantitative estimate of drug-likeness (QED) is 0.651. The molecule has 0 saturated carbocycles. The lowest BCUT2D eigenvalue weighted by atomic mass is 10.2. The second-order valence-corrected chi connectivity index (χ2v) is 4.83. The summed E-state index contributed by atoms with van der Waals surface area (Å²) in [6.07, 6.45) is 3.55. The number of nitrogens with zero attached hydrogens (tertiary/aromatic N) is 2. The van der Waals surface area contributed by atoms with Gasteiger partial charge in [-0.3, -0.25) is 9.48 Å². The fraction of sp³-hybridized carbons (Fsp3) is 0.600. The van der Waals surface area contributed by atoms with E-state index in [0.29, 0.717) is 5.82 Å². The Kier molecular flexibility index (Phi) is 5.30. The first-order chi connectivity index (χ1) is 8.06. The van der Waals surface area contributed by atoms with E-state index in [2.05, 4.69) is 10.4 Å². The van der Waals surface area contributed by atoms with Crippen LogP contribution in [0.1, 0.15) is 6.92 Å². The SMILES string of the molecule is CSC(CO)C(C)NC(=O)Cn1ccc(N)n1. The van der Waals surface area contributed by atoms with Crippen molar-refractivity contribution in [2.24, 2.45) is 0 Å². The molecular weight excluding hydrogens is 240 g/mol. The van der Waals surface area contributed by atoms with Gasteiger partial charge in [-0.2, -0.15) is 16.9 Å². The summed E-state index contributed by atoms with van der Waals surface area (Å²) in [6.45, 7) is 2.04. The zero-order valence-electron chi connectivity index (χ0n) is 9.96. The number of aromatic nitrogens is 2. The molecule has 0 bridgehead atoms. The zero-order chi connectivity index (χ0) is 12.8. The van der Waals surface area contributed by atoms with Gasteiger partial charge >= 0.3 is 0 Å². The molecule has 17 heavy (non-hydrogen) atoms. The van der Waals surface area contributed by atoms with Crippen LogP contribution in [0.3, 0.4) is 0 Å². The first-order valence-corrected chi connectivity index (χ1v) is 6.57. The van der Waals surface area contributed by atoms with Gasteiger partial charge in [-0.1, -0.05) is 0 Å². The smallest absolute Gasteiger partial charge is 0.241 e. The Hall–Kier alpha value is -1.21. The highest BCUT2D eigenvalue weighted by Crippen LogP contribution is 2.10. The van der Waals surface area contributed by atoms with E-state index in [9.17, 15) is 4.79 Å². The summed E-state index contributed by atoms with van der Waals surface area (Å²) in [5.41, 5.74) is 5.45. The molecule has 4 N–H and O–H groups in total. The maximum absolute atomic E-state index is 11.7. The number of rotatable bonds is 6. The summed E-state index contributed by atoms with van der Waals surface area (Å²) in [6, 6.07) is 1.55. The van der Waals surface area contributed by atoms with Crippen LogP contribution in [0, 0.1) is 0 Å². The molecule has 0 aromatic carbocycles. The Morgan fingerprint density at radius 3 is 2.94 bits per heavy atom. The standard InChI is InChI=1S/C10H18N4O2S/c1-7(8(6-15)17-2)12-10(16)5-14-4-3-9(11)13-14/h3-4,7-8,15H,5-6H2,1-2H3,(H2,11,13)(H,12,16). The molecule has 0 aliphatic carbocycles. The second-order valence-electron chi connectivity index (χ2n) is 3.75. The van der Waals surface area contributed by atoms with E-state index in [4.69, 9.17) is 10.8 Å². The van der Waals surface area contributed by atoms with E-state index < -0.39 is 0 Å². The molecule has 2 unspecified atom stereocenters. The maximum atomic E-state index is 11.7. The average Bonchev–Trinajstić information content (AvgIpc) is 2.65. The van der Waals surface area contributed by atoms with Crippen molar-refractivity contribution in [1.29, 1.82) is 0 Å². The molecule has 1 heterocycles. The molecule has 1 rings (SSSR count). The molecule has 0 saturated heterocycles. The highest BCUT2D eigenvalue weighted by molar-refractivity contribution is 7.99. The molecule has 0 spiro atoms. The van der Waals surface area contributed by atoms with Crippen molar-refractivity contribution >= 4 is 23.5 Å². The maximum Gasteiger partial charge on any atom is 0.241 e. The summed E-state index contributed by atoms with van der Waals surface area (Å²) >= 11 is 1.52. The Labute approximate surface area is 105 Å². The third kappa shape index (κ3) is 4.27. The van der Waals surface area contributed by atoms with Gasteiger partial charge in [0.1, 0.15) is 12.4 Å². The number of anilines is 1. The summed E-state index contributed by atoms with van der Waals surface area (Å²) in [5.74, 6) is 0.247. The Morgan fingerprint density at radius 2 is 2.47 bits per heavy atom. The number of hydrogen-bond donors (Lipinski definition) is 3. The zero-order valence-corrected chi connectivity index (χ0v) is 10.8. The molecule has 0 aliphatic heterocycles. The van der Waals surface area contributed by atoms with Crippen LogP contribution < -0.4 is 11.1 Å². The monoisotopic (exact) mass is 258 g/mol. The van der Waals surface area contributed by atoms with E-state index in [1.54, 1.807) is 12.3 Å². The highest BCUT2D eigenvalue weighted by atomic mass is 32.2. The van der Waals surface area contributed by atoms with E-state index in [1.165, 1.54) is 16.4 Å². The normalized spacial score (nSPS) is 14.3. The summed E-state index contributed by atoms with van der Waals surface area (Å²) < 4.78 is 1.48. The topological polar surface area (TPSA) is 93.2 Å². The first kappa shape index (κ1) is 13.9. The van der Waals surface area contributed by atoms with Crippen LogP contribution in [-0.2, 0) is 11.3 Å². The lowest BCUT2D eigenvalue weighted by Crippen LogP contribution is -2.42. The molecule has 6 nitrogen and oxygen atoms in total. The highest BCUT2D eigenvalue weighted by Gasteiger charge is 2.17. The van der Waals surface area contributed by atoms with Crippen LogP contribution in [0.5, 0.6) is 0 Å². The van der Waals surface area contributed by atoms with Gasteiger partial charge < -0.3 is 16.2 Å². The molecule has 2 atom stereocenters. The predicted molar refractivity (Wildman–Crippen MR) is 68.6 cm³/mol. The summed E-state index contributed by atoms with van der Waals surface area (Å²) in [4.78, 5) is 11.7. The van der Waals surface area contributed by atoms with Gasteiger partial charge in [0.15, 0.2) is 0 Å². The van der Waals surface area contributed by atoms with Gasteiger partial charge in [0, 0.05) is 17.5 Å². The molecule has 7 heteroatoms. The molecule has 0 radical (unpaired) electrons. The van der Waals surface area contributed by atoms with Gasteiger partial charge in [0.05, 0.1) is 6.61 Å². The lowest BCUT2D eigenvalue weighted by Gasteiger charge is -2.21. The number of hydrogen-bond acceptors (Lipinski definition) is 5. The minimum absolute atomic E-state index is 0.00152. The number of carbonyl (C=O) groups excluding carboxylic acids is 1. The van der Waals surface area contributed by atoms with E-state index in [-0.39, 0.29) is 30.4 Å². The predicted octanol–water partition coefficient (Wildman–Crippen LogP) is -0.306.